The van der Waals surface area contributed by atoms with Gasteiger partial charge >= 0.3 is 5.97 Å². The number of rotatable bonds is 3. The maximum atomic E-state index is 12.9. The van der Waals surface area contributed by atoms with Gasteiger partial charge in [0, 0.05) is 24.3 Å². The summed E-state index contributed by atoms with van der Waals surface area (Å²) in [7, 11) is 1.30. The van der Waals surface area contributed by atoms with Crippen molar-refractivity contribution in [3.63, 3.8) is 0 Å². The number of pyridine rings is 1. The number of ether oxygens (including phenoxy) is 1. The molecule has 1 aliphatic rings. The molecule has 5 heteroatoms. The second-order valence-electron chi connectivity index (χ2n) is 6.25. The molecular weight excluding hydrogens is 304 g/mol. The van der Waals surface area contributed by atoms with Gasteiger partial charge in [-0.3, -0.25) is 4.79 Å². The average molecular weight is 324 g/mol. The first-order valence-corrected chi connectivity index (χ1v) is 7.98. The number of nitrogens with zero attached hydrogens (tertiary/aromatic N) is 2. The molecule has 1 unspecified atom stereocenters. The predicted octanol–water partition coefficient (Wildman–Crippen LogP) is 3.27. The molecule has 1 aromatic heterocycles. The van der Waals surface area contributed by atoms with Crippen LogP contribution in [0.25, 0.3) is 0 Å². The molecule has 0 bridgehead atoms. The molecule has 0 spiro atoms. The smallest absolute Gasteiger partial charge is 0.356 e. The Balaban J connectivity index is 1.89. The maximum Gasteiger partial charge on any atom is 0.356 e. The van der Waals surface area contributed by atoms with E-state index in [9.17, 15) is 9.59 Å². The molecule has 5 nitrogen and oxygen atoms in total. The van der Waals surface area contributed by atoms with Crippen LogP contribution in [0.2, 0.25) is 0 Å². The molecule has 24 heavy (non-hydrogen) atoms. The molecule has 1 atom stereocenters. The predicted molar refractivity (Wildman–Crippen MR) is 91.3 cm³/mol. The summed E-state index contributed by atoms with van der Waals surface area (Å²) in [6.07, 6.45) is 1.43. The van der Waals surface area contributed by atoms with Gasteiger partial charge in [-0.1, -0.05) is 32.0 Å². The molecule has 0 radical (unpaired) electrons. The monoisotopic (exact) mass is 324 g/mol. The summed E-state index contributed by atoms with van der Waals surface area (Å²) in [5, 5.41) is 0. The molecule has 124 valence electrons. The second kappa shape index (κ2) is 6.43. The van der Waals surface area contributed by atoms with E-state index in [4.69, 9.17) is 0 Å². The molecule has 1 amide bonds. The largest absolute Gasteiger partial charge is 0.464 e. The molecular formula is C19H20N2O3. The van der Waals surface area contributed by atoms with E-state index in [1.807, 2.05) is 18.2 Å². The number of amides is 1. The number of carbonyl (C=O) groups excluding carboxylic acids is 2. The number of benzene rings is 1. The Labute approximate surface area is 141 Å². The van der Waals surface area contributed by atoms with Gasteiger partial charge in [0.15, 0.2) is 0 Å². The summed E-state index contributed by atoms with van der Waals surface area (Å²) in [6, 6.07) is 11.2. The SMILES string of the molecule is COC(=O)c1ccc(C(=O)N2CC(C(C)C)c3ccccc32)cn1. The maximum absolute atomic E-state index is 12.9. The topological polar surface area (TPSA) is 59.5 Å². The van der Waals surface area contributed by atoms with E-state index in [1.165, 1.54) is 24.9 Å². The summed E-state index contributed by atoms with van der Waals surface area (Å²) >= 11 is 0. The van der Waals surface area contributed by atoms with Crippen LogP contribution in [0.15, 0.2) is 42.6 Å². The zero-order chi connectivity index (χ0) is 17.3. The average Bonchev–Trinajstić information content (AvgIpc) is 3.00. The second-order valence-corrected chi connectivity index (χ2v) is 6.25. The normalized spacial score (nSPS) is 16.2. The number of hydrogen-bond donors (Lipinski definition) is 0. The number of esters is 1. The lowest BCUT2D eigenvalue weighted by Gasteiger charge is -2.19. The van der Waals surface area contributed by atoms with Crippen LogP contribution >= 0.6 is 0 Å². The lowest BCUT2D eigenvalue weighted by atomic mass is 9.90. The van der Waals surface area contributed by atoms with Crippen LogP contribution in [0, 0.1) is 5.92 Å². The van der Waals surface area contributed by atoms with Gasteiger partial charge in [-0.25, -0.2) is 9.78 Å². The Kier molecular flexibility index (Phi) is 4.34. The van der Waals surface area contributed by atoms with Crippen molar-refractivity contribution in [2.24, 2.45) is 5.92 Å². The van der Waals surface area contributed by atoms with Gasteiger partial charge in [0.25, 0.3) is 5.91 Å². The zero-order valence-corrected chi connectivity index (χ0v) is 14.0. The van der Waals surface area contributed by atoms with Crippen LogP contribution in [0.1, 0.15) is 46.2 Å². The molecule has 3 rings (SSSR count). The van der Waals surface area contributed by atoms with Crippen LogP contribution in [0.5, 0.6) is 0 Å². The molecule has 0 saturated carbocycles. The number of aromatic nitrogens is 1. The zero-order valence-electron chi connectivity index (χ0n) is 14.0. The van der Waals surface area contributed by atoms with Gasteiger partial charge in [0.1, 0.15) is 5.69 Å². The molecule has 2 aromatic rings. The van der Waals surface area contributed by atoms with Gasteiger partial charge < -0.3 is 9.64 Å². The quantitative estimate of drug-likeness (QED) is 0.813. The lowest BCUT2D eigenvalue weighted by molar-refractivity contribution is 0.0593. The van der Waals surface area contributed by atoms with E-state index >= 15 is 0 Å². The Morgan fingerprint density at radius 3 is 2.58 bits per heavy atom. The first-order chi connectivity index (χ1) is 11.5. The van der Waals surface area contributed by atoms with Gasteiger partial charge in [0.05, 0.1) is 12.7 Å². The number of fused-ring (bicyclic) bond motifs is 1. The fourth-order valence-electron chi connectivity index (χ4n) is 3.10. The van der Waals surface area contributed by atoms with Crippen LogP contribution in [0.3, 0.4) is 0 Å². The van der Waals surface area contributed by atoms with E-state index in [2.05, 4.69) is 29.6 Å². The van der Waals surface area contributed by atoms with Gasteiger partial charge in [-0.15, -0.1) is 0 Å². The van der Waals surface area contributed by atoms with Crippen LogP contribution < -0.4 is 4.90 Å². The molecule has 1 aromatic carbocycles. The van der Waals surface area contributed by atoms with E-state index < -0.39 is 5.97 Å². The third-order valence-corrected chi connectivity index (χ3v) is 4.46. The Bertz CT molecular complexity index is 768. The molecule has 0 N–H and O–H groups in total. The number of para-hydroxylation sites is 1. The van der Waals surface area contributed by atoms with Crippen molar-refractivity contribution in [1.82, 2.24) is 4.98 Å². The van der Waals surface area contributed by atoms with Crippen LogP contribution in [0.4, 0.5) is 5.69 Å². The summed E-state index contributed by atoms with van der Waals surface area (Å²) < 4.78 is 4.63. The van der Waals surface area contributed by atoms with Crippen molar-refractivity contribution in [3.05, 3.63) is 59.4 Å². The van der Waals surface area contributed by atoms with Crippen molar-refractivity contribution in [2.75, 3.05) is 18.6 Å². The standard InChI is InChI=1S/C19H20N2O3/c1-12(2)15-11-21(17-7-5-4-6-14(15)17)18(22)13-8-9-16(20-10-13)19(23)24-3/h4-10,12,15H,11H2,1-3H3. The van der Waals surface area contributed by atoms with Crippen LogP contribution in [-0.4, -0.2) is 30.5 Å². The fourth-order valence-corrected chi connectivity index (χ4v) is 3.10. The van der Waals surface area contributed by atoms with Crippen molar-refractivity contribution in [1.29, 1.82) is 0 Å². The van der Waals surface area contributed by atoms with E-state index in [0.29, 0.717) is 23.9 Å². The number of anilines is 1. The Hall–Kier alpha value is -2.69. The van der Waals surface area contributed by atoms with E-state index in [-0.39, 0.29) is 11.6 Å². The van der Waals surface area contributed by atoms with Crippen molar-refractivity contribution in [2.45, 2.75) is 19.8 Å². The van der Waals surface area contributed by atoms with Crippen molar-refractivity contribution < 1.29 is 14.3 Å². The highest BCUT2D eigenvalue weighted by Crippen LogP contribution is 2.40. The third-order valence-electron chi connectivity index (χ3n) is 4.46. The Morgan fingerprint density at radius 1 is 1.21 bits per heavy atom. The number of methoxy groups -OCH3 is 1. The number of hydrogen-bond acceptors (Lipinski definition) is 4. The minimum Gasteiger partial charge on any atom is -0.464 e. The minimum absolute atomic E-state index is 0.102. The van der Waals surface area contributed by atoms with Crippen molar-refractivity contribution in [3.8, 4) is 0 Å². The highest BCUT2D eigenvalue weighted by atomic mass is 16.5. The molecule has 2 heterocycles. The first-order valence-electron chi connectivity index (χ1n) is 7.98. The fraction of sp³-hybridized carbons (Fsp3) is 0.316. The highest BCUT2D eigenvalue weighted by molar-refractivity contribution is 6.07. The lowest BCUT2D eigenvalue weighted by Crippen LogP contribution is -2.30. The first kappa shape index (κ1) is 16.2. The Morgan fingerprint density at radius 2 is 1.96 bits per heavy atom. The molecule has 0 fully saturated rings. The van der Waals surface area contributed by atoms with Gasteiger partial charge in [-0.2, -0.15) is 0 Å². The van der Waals surface area contributed by atoms with E-state index in [1.54, 1.807) is 11.0 Å². The minimum atomic E-state index is -0.514. The summed E-state index contributed by atoms with van der Waals surface area (Å²) in [5.41, 5.74) is 2.82. The summed E-state index contributed by atoms with van der Waals surface area (Å²) in [6.45, 7) is 5.00. The number of carbonyl (C=O) groups is 2. The summed E-state index contributed by atoms with van der Waals surface area (Å²) in [4.78, 5) is 30.2. The van der Waals surface area contributed by atoms with Crippen LogP contribution in [-0.2, 0) is 4.74 Å². The molecule has 0 aliphatic carbocycles. The van der Waals surface area contributed by atoms with Gasteiger partial charge in [-0.05, 0) is 29.7 Å². The van der Waals surface area contributed by atoms with Gasteiger partial charge in [0.2, 0.25) is 0 Å². The highest BCUT2D eigenvalue weighted by Gasteiger charge is 2.34. The third kappa shape index (κ3) is 2.77. The molecule has 1 aliphatic heterocycles. The van der Waals surface area contributed by atoms with E-state index in [0.717, 1.165) is 5.69 Å². The van der Waals surface area contributed by atoms with Crippen molar-refractivity contribution >= 4 is 17.6 Å². The summed E-state index contributed by atoms with van der Waals surface area (Å²) in [5.74, 6) is 0.158. The molecule has 0 saturated heterocycles.